The molecule has 0 aromatic carbocycles. The van der Waals surface area contributed by atoms with Gasteiger partial charge >= 0.3 is 0 Å². The van der Waals surface area contributed by atoms with Crippen LogP contribution in [0.5, 0.6) is 5.88 Å². The Kier molecular flexibility index (Phi) is 2.87. The van der Waals surface area contributed by atoms with Crippen LogP contribution in [0.15, 0.2) is 12.3 Å². The quantitative estimate of drug-likeness (QED) is 0.667. The smallest absolute Gasteiger partial charge is 0.213 e. The fourth-order valence-electron chi connectivity index (χ4n) is 0.851. The van der Waals surface area contributed by atoms with Crippen LogP contribution < -0.4 is 4.74 Å². The van der Waals surface area contributed by atoms with E-state index in [4.69, 9.17) is 16.3 Å². The van der Waals surface area contributed by atoms with Crippen molar-refractivity contribution in [3.8, 4) is 5.88 Å². The molecule has 1 heterocycles. The SMILES string of the molecule is COc1cc(C(C)Cl)c(F)cn1. The summed E-state index contributed by atoms with van der Waals surface area (Å²) >= 11 is 5.71. The lowest BCUT2D eigenvalue weighted by Gasteiger charge is -2.05. The van der Waals surface area contributed by atoms with Gasteiger partial charge in [-0.05, 0) is 6.92 Å². The maximum Gasteiger partial charge on any atom is 0.213 e. The van der Waals surface area contributed by atoms with E-state index in [-0.39, 0.29) is 5.38 Å². The van der Waals surface area contributed by atoms with Gasteiger partial charge in [-0.2, -0.15) is 0 Å². The van der Waals surface area contributed by atoms with Gasteiger partial charge in [0.2, 0.25) is 5.88 Å². The number of halogens is 2. The molecule has 66 valence electrons. The molecule has 1 unspecified atom stereocenters. The van der Waals surface area contributed by atoms with E-state index in [9.17, 15) is 4.39 Å². The van der Waals surface area contributed by atoms with E-state index in [1.165, 1.54) is 13.2 Å². The Bertz CT molecular complexity index is 278. The van der Waals surface area contributed by atoms with Crippen LogP contribution >= 0.6 is 11.6 Å². The molecule has 12 heavy (non-hydrogen) atoms. The minimum Gasteiger partial charge on any atom is -0.481 e. The number of hydrogen-bond acceptors (Lipinski definition) is 2. The summed E-state index contributed by atoms with van der Waals surface area (Å²) in [6, 6.07) is 1.49. The number of hydrogen-bond donors (Lipinski definition) is 0. The first kappa shape index (κ1) is 9.26. The average Bonchev–Trinajstić information content (AvgIpc) is 2.05. The summed E-state index contributed by atoms with van der Waals surface area (Å²) in [5, 5.41) is -0.373. The van der Waals surface area contributed by atoms with Crippen LogP contribution in [0.2, 0.25) is 0 Å². The molecule has 0 amide bonds. The predicted molar refractivity (Wildman–Crippen MR) is 45.0 cm³/mol. The largest absolute Gasteiger partial charge is 0.481 e. The summed E-state index contributed by atoms with van der Waals surface area (Å²) in [5.74, 6) is -0.0304. The van der Waals surface area contributed by atoms with E-state index in [1.807, 2.05) is 0 Å². The van der Waals surface area contributed by atoms with Gasteiger partial charge in [-0.25, -0.2) is 9.37 Å². The molecule has 0 bridgehead atoms. The van der Waals surface area contributed by atoms with Gasteiger partial charge in [0.15, 0.2) is 0 Å². The molecule has 0 saturated heterocycles. The summed E-state index contributed by atoms with van der Waals surface area (Å²) < 4.78 is 17.8. The first-order valence-corrected chi connectivity index (χ1v) is 3.92. The van der Waals surface area contributed by atoms with Crippen LogP contribution in [-0.2, 0) is 0 Å². The summed E-state index contributed by atoms with van der Waals surface area (Å²) in [7, 11) is 1.48. The zero-order chi connectivity index (χ0) is 9.14. The van der Waals surface area contributed by atoms with E-state index in [0.717, 1.165) is 6.20 Å². The predicted octanol–water partition coefficient (Wildman–Crippen LogP) is 2.53. The molecule has 4 heteroatoms. The zero-order valence-electron chi connectivity index (χ0n) is 6.84. The lowest BCUT2D eigenvalue weighted by molar-refractivity contribution is 0.394. The van der Waals surface area contributed by atoms with Gasteiger partial charge in [-0.15, -0.1) is 11.6 Å². The van der Waals surface area contributed by atoms with Crippen LogP contribution in [0.3, 0.4) is 0 Å². The normalized spacial score (nSPS) is 12.7. The van der Waals surface area contributed by atoms with Gasteiger partial charge in [-0.1, -0.05) is 0 Å². The number of rotatable bonds is 2. The maximum absolute atomic E-state index is 13.0. The Hall–Kier alpha value is -0.830. The number of alkyl halides is 1. The molecular weight excluding hydrogens is 181 g/mol. The second kappa shape index (κ2) is 3.72. The van der Waals surface area contributed by atoms with Crippen LogP contribution in [0.1, 0.15) is 17.9 Å². The number of ether oxygens (including phenoxy) is 1. The van der Waals surface area contributed by atoms with Crippen molar-refractivity contribution in [1.29, 1.82) is 0 Å². The van der Waals surface area contributed by atoms with E-state index in [0.29, 0.717) is 11.4 Å². The molecule has 0 spiro atoms. The maximum atomic E-state index is 13.0. The Morgan fingerprint density at radius 2 is 2.33 bits per heavy atom. The molecule has 0 radical (unpaired) electrons. The molecule has 2 nitrogen and oxygen atoms in total. The van der Waals surface area contributed by atoms with Gasteiger partial charge in [0, 0.05) is 11.6 Å². The van der Waals surface area contributed by atoms with E-state index in [2.05, 4.69) is 4.98 Å². The summed E-state index contributed by atoms with van der Waals surface area (Å²) in [4.78, 5) is 3.68. The second-order valence-electron chi connectivity index (χ2n) is 2.36. The average molecular weight is 190 g/mol. The molecule has 0 aliphatic heterocycles. The highest BCUT2D eigenvalue weighted by Crippen LogP contribution is 2.24. The molecule has 1 aromatic heterocycles. The molecule has 0 N–H and O–H groups in total. The van der Waals surface area contributed by atoms with Crippen molar-refractivity contribution in [1.82, 2.24) is 4.98 Å². The topological polar surface area (TPSA) is 22.1 Å². The lowest BCUT2D eigenvalue weighted by atomic mass is 10.2. The first-order chi connectivity index (χ1) is 5.65. The minimum absolute atomic E-state index is 0.373. The van der Waals surface area contributed by atoms with Crippen molar-refractivity contribution in [2.45, 2.75) is 12.3 Å². The number of methoxy groups -OCH3 is 1. The van der Waals surface area contributed by atoms with Crippen LogP contribution in [-0.4, -0.2) is 12.1 Å². The number of nitrogens with zero attached hydrogens (tertiary/aromatic N) is 1. The van der Waals surface area contributed by atoms with Gasteiger partial charge in [-0.3, -0.25) is 0 Å². The molecule has 0 aliphatic rings. The Morgan fingerprint density at radius 1 is 1.67 bits per heavy atom. The van der Waals surface area contributed by atoms with Gasteiger partial charge in [0.05, 0.1) is 18.7 Å². The van der Waals surface area contributed by atoms with Crippen molar-refractivity contribution >= 4 is 11.6 Å². The fourth-order valence-corrected chi connectivity index (χ4v) is 1.02. The highest BCUT2D eigenvalue weighted by atomic mass is 35.5. The molecule has 1 rings (SSSR count). The summed E-state index contributed by atoms with van der Waals surface area (Å²) in [6.45, 7) is 1.69. The van der Waals surface area contributed by atoms with Crippen molar-refractivity contribution < 1.29 is 9.13 Å². The third-order valence-electron chi connectivity index (χ3n) is 1.50. The second-order valence-corrected chi connectivity index (χ2v) is 3.02. The third kappa shape index (κ3) is 1.85. The van der Waals surface area contributed by atoms with Gasteiger partial charge in [0.1, 0.15) is 5.82 Å². The van der Waals surface area contributed by atoms with Crippen LogP contribution in [0.25, 0.3) is 0 Å². The minimum atomic E-state index is -0.404. The first-order valence-electron chi connectivity index (χ1n) is 3.48. The number of pyridine rings is 1. The van der Waals surface area contributed by atoms with Crippen molar-refractivity contribution in [3.63, 3.8) is 0 Å². The monoisotopic (exact) mass is 189 g/mol. The fraction of sp³-hybridized carbons (Fsp3) is 0.375. The molecule has 0 saturated carbocycles. The zero-order valence-corrected chi connectivity index (χ0v) is 7.60. The molecule has 0 aliphatic carbocycles. The van der Waals surface area contributed by atoms with E-state index >= 15 is 0 Å². The standard InChI is InChI=1S/C8H9ClFNO/c1-5(9)6-3-8(12-2)11-4-7(6)10/h3-5H,1-2H3. The Morgan fingerprint density at radius 3 is 2.83 bits per heavy atom. The highest BCUT2D eigenvalue weighted by Gasteiger charge is 2.09. The molecular formula is C8H9ClFNO. The van der Waals surface area contributed by atoms with Crippen molar-refractivity contribution in [2.75, 3.05) is 7.11 Å². The van der Waals surface area contributed by atoms with E-state index in [1.54, 1.807) is 6.92 Å². The van der Waals surface area contributed by atoms with Gasteiger partial charge in [0.25, 0.3) is 0 Å². The molecule has 1 atom stereocenters. The molecule has 0 fully saturated rings. The summed E-state index contributed by atoms with van der Waals surface area (Å²) in [6.07, 6.45) is 1.10. The van der Waals surface area contributed by atoms with Crippen LogP contribution in [0, 0.1) is 5.82 Å². The number of aromatic nitrogens is 1. The Balaban J connectivity index is 3.08. The van der Waals surface area contributed by atoms with Gasteiger partial charge < -0.3 is 4.74 Å². The van der Waals surface area contributed by atoms with Crippen molar-refractivity contribution in [2.24, 2.45) is 0 Å². The van der Waals surface area contributed by atoms with Crippen molar-refractivity contribution in [3.05, 3.63) is 23.6 Å². The third-order valence-corrected chi connectivity index (χ3v) is 1.73. The molecule has 1 aromatic rings. The van der Waals surface area contributed by atoms with E-state index < -0.39 is 5.82 Å². The lowest BCUT2D eigenvalue weighted by Crippen LogP contribution is -1.95. The Labute approximate surface area is 75.3 Å². The highest BCUT2D eigenvalue weighted by molar-refractivity contribution is 6.20. The van der Waals surface area contributed by atoms with Crippen LogP contribution in [0.4, 0.5) is 4.39 Å². The summed E-state index contributed by atoms with van der Waals surface area (Å²) in [5.41, 5.74) is 0.406.